The fraction of sp³-hybridized carbons (Fsp3) is 1.00. The van der Waals surface area contributed by atoms with Crippen LogP contribution < -0.4 is 0 Å². The topological polar surface area (TPSA) is 103 Å². The van der Waals surface area contributed by atoms with Crippen molar-refractivity contribution in [2.75, 3.05) is 20.8 Å². The Bertz CT molecular complexity index is 202. The van der Waals surface area contributed by atoms with Crippen LogP contribution in [-0.2, 0) is 9.57 Å². The normalized spacial score (nSPS) is 42.2. The summed E-state index contributed by atoms with van der Waals surface area (Å²) in [6, 6.07) is 0. The molecule has 0 aromatic carbocycles. The van der Waals surface area contributed by atoms with Crippen LogP contribution in [0.15, 0.2) is 0 Å². The molecule has 0 saturated carbocycles. The van der Waals surface area contributed by atoms with Gasteiger partial charge in [0.25, 0.3) is 0 Å². The lowest BCUT2D eigenvalue weighted by Gasteiger charge is -2.42. The molecule has 1 rings (SSSR count). The van der Waals surface area contributed by atoms with Crippen molar-refractivity contribution >= 4 is 0 Å². The van der Waals surface area contributed by atoms with Crippen molar-refractivity contribution in [2.45, 2.75) is 30.6 Å². The van der Waals surface area contributed by atoms with Gasteiger partial charge >= 0.3 is 0 Å². The molecule has 1 fully saturated rings. The van der Waals surface area contributed by atoms with Crippen molar-refractivity contribution in [3.63, 3.8) is 0 Å². The Morgan fingerprint density at radius 2 is 1.80 bits per heavy atom. The molecule has 15 heavy (non-hydrogen) atoms. The number of ether oxygens (including phenoxy) is 1. The molecule has 0 aromatic heterocycles. The molecular weight excluding hydrogens is 206 g/mol. The van der Waals surface area contributed by atoms with E-state index in [4.69, 9.17) is 14.7 Å². The molecule has 1 saturated heterocycles. The second kappa shape index (κ2) is 5.17. The summed E-state index contributed by atoms with van der Waals surface area (Å²) in [6.45, 7) is -0.445. The molecule has 90 valence electrons. The molecule has 0 bridgehead atoms. The Balaban J connectivity index is 2.74. The summed E-state index contributed by atoms with van der Waals surface area (Å²) < 4.78 is 5.17. The van der Waals surface area contributed by atoms with Gasteiger partial charge in [-0.2, -0.15) is 5.06 Å². The predicted octanol–water partition coefficient (Wildman–Crippen LogP) is -2.72. The Hall–Kier alpha value is -0.280. The molecule has 5 atom stereocenters. The lowest BCUT2D eigenvalue weighted by atomic mass is 9.98. The quantitative estimate of drug-likeness (QED) is 0.385. The Kier molecular flexibility index (Phi) is 4.41. The van der Waals surface area contributed by atoms with E-state index in [0.717, 1.165) is 0 Å². The Labute approximate surface area is 87.4 Å². The molecule has 0 aliphatic carbocycles. The molecule has 0 spiro atoms. The van der Waals surface area contributed by atoms with E-state index in [0.29, 0.717) is 0 Å². The van der Waals surface area contributed by atoms with Gasteiger partial charge in [-0.05, 0) is 0 Å². The van der Waals surface area contributed by atoms with Gasteiger partial charge in [0.15, 0.2) is 6.23 Å². The van der Waals surface area contributed by atoms with E-state index < -0.39 is 37.3 Å². The zero-order valence-electron chi connectivity index (χ0n) is 8.65. The fourth-order valence-electron chi connectivity index (χ4n) is 1.49. The van der Waals surface area contributed by atoms with Crippen LogP contribution in [0.25, 0.3) is 0 Å². The van der Waals surface area contributed by atoms with Crippen LogP contribution in [0.1, 0.15) is 0 Å². The first-order valence-electron chi connectivity index (χ1n) is 4.60. The molecule has 7 nitrogen and oxygen atoms in total. The number of hydroxylamine groups is 2. The first kappa shape index (κ1) is 12.8. The molecule has 1 heterocycles. The minimum Gasteiger partial charge on any atom is -0.394 e. The van der Waals surface area contributed by atoms with Gasteiger partial charge in [-0.1, -0.05) is 0 Å². The maximum absolute atomic E-state index is 9.58. The van der Waals surface area contributed by atoms with E-state index >= 15 is 0 Å². The van der Waals surface area contributed by atoms with Crippen molar-refractivity contribution < 1.29 is 30.0 Å². The van der Waals surface area contributed by atoms with Crippen molar-refractivity contribution in [2.24, 2.45) is 0 Å². The van der Waals surface area contributed by atoms with Crippen molar-refractivity contribution in [1.29, 1.82) is 0 Å². The third-order valence-corrected chi connectivity index (χ3v) is 2.51. The monoisotopic (exact) mass is 223 g/mol. The van der Waals surface area contributed by atoms with Crippen molar-refractivity contribution in [3.8, 4) is 0 Å². The third-order valence-electron chi connectivity index (χ3n) is 2.51. The Morgan fingerprint density at radius 3 is 2.27 bits per heavy atom. The second-order valence-corrected chi connectivity index (χ2v) is 3.45. The van der Waals surface area contributed by atoms with E-state index in [1.807, 2.05) is 0 Å². The van der Waals surface area contributed by atoms with Gasteiger partial charge in [0, 0.05) is 7.05 Å². The highest BCUT2D eigenvalue weighted by Gasteiger charge is 2.45. The van der Waals surface area contributed by atoms with Crippen molar-refractivity contribution in [1.82, 2.24) is 5.06 Å². The standard InChI is InChI=1S/C8H17NO6/c1-9(14-2)8-7(13)6(12)5(11)4(3-10)15-8/h4-8,10-13H,3H2,1-2H3/t4?,5-,6?,7-,8-/m0/s1. The largest absolute Gasteiger partial charge is 0.394 e. The molecule has 4 N–H and O–H groups in total. The van der Waals surface area contributed by atoms with Crippen LogP contribution in [0.2, 0.25) is 0 Å². The van der Waals surface area contributed by atoms with Gasteiger partial charge in [0.05, 0.1) is 13.7 Å². The van der Waals surface area contributed by atoms with Crippen LogP contribution in [-0.4, -0.2) is 76.9 Å². The zero-order chi connectivity index (χ0) is 11.6. The summed E-state index contributed by atoms with van der Waals surface area (Å²) in [5.74, 6) is 0. The molecule has 7 heteroatoms. The van der Waals surface area contributed by atoms with Gasteiger partial charge in [0.1, 0.15) is 24.4 Å². The maximum Gasteiger partial charge on any atom is 0.161 e. The van der Waals surface area contributed by atoms with Crippen LogP contribution in [0.3, 0.4) is 0 Å². The SMILES string of the molecule is CON(C)[C@H]1OC(CO)[C@H](O)C(O)[C@@H]1O. The van der Waals surface area contributed by atoms with E-state index in [1.165, 1.54) is 19.2 Å². The molecule has 0 amide bonds. The van der Waals surface area contributed by atoms with Crippen LogP contribution in [0.5, 0.6) is 0 Å². The zero-order valence-corrected chi connectivity index (χ0v) is 8.65. The summed E-state index contributed by atoms with van der Waals surface area (Å²) in [5.41, 5.74) is 0. The average Bonchev–Trinajstić information content (AvgIpc) is 2.25. The van der Waals surface area contributed by atoms with Crippen LogP contribution in [0, 0.1) is 0 Å². The summed E-state index contributed by atoms with van der Waals surface area (Å²) >= 11 is 0. The third kappa shape index (κ3) is 2.45. The van der Waals surface area contributed by atoms with Gasteiger partial charge < -0.3 is 25.2 Å². The van der Waals surface area contributed by atoms with Gasteiger partial charge in [-0.15, -0.1) is 0 Å². The predicted molar refractivity (Wildman–Crippen MR) is 48.5 cm³/mol. The molecule has 2 unspecified atom stereocenters. The number of hydrogen-bond acceptors (Lipinski definition) is 7. The van der Waals surface area contributed by atoms with E-state index in [2.05, 4.69) is 0 Å². The minimum atomic E-state index is -1.38. The lowest BCUT2D eigenvalue weighted by Crippen LogP contribution is -2.62. The van der Waals surface area contributed by atoms with E-state index in [1.54, 1.807) is 0 Å². The summed E-state index contributed by atoms with van der Waals surface area (Å²) in [4.78, 5) is 4.81. The highest BCUT2D eigenvalue weighted by molar-refractivity contribution is 4.90. The molecule has 0 radical (unpaired) electrons. The summed E-state index contributed by atoms with van der Waals surface area (Å²) in [6.07, 6.45) is -5.85. The molecular formula is C8H17NO6. The number of hydrogen-bond donors (Lipinski definition) is 4. The van der Waals surface area contributed by atoms with Gasteiger partial charge in [0.2, 0.25) is 0 Å². The lowest BCUT2D eigenvalue weighted by molar-refractivity contribution is -0.320. The minimum absolute atomic E-state index is 0.445. The highest BCUT2D eigenvalue weighted by atomic mass is 16.7. The molecule has 1 aliphatic heterocycles. The maximum atomic E-state index is 9.58. The number of rotatable bonds is 3. The first-order valence-corrected chi connectivity index (χ1v) is 4.60. The number of nitrogens with zero attached hydrogens (tertiary/aromatic N) is 1. The highest BCUT2D eigenvalue weighted by Crippen LogP contribution is 2.22. The smallest absolute Gasteiger partial charge is 0.161 e. The first-order chi connectivity index (χ1) is 7.02. The second-order valence-electron chi connectivity index (χ2n) is 3.45. The average molecular weight is 223 g/mol. The number of aliphatic hydroxyl groups excluding tert-OH is 4. The summed E-state index contributed by atoms with van der Waals surface area (Å²) in [7, 11) is 2.88. The van der Waals surface area contributed by atoms with Gasteiger partial charge in [-0.25, -0.2) is 0 Å². The fourth-order valence-corrected chi connectivity index (χ4v) is 1.49. The molecule has 1 aliphatic rings. The van der Waals surface area contributed by atoms with E-state index in [9.17, 15) is 15.3 Å². The molecule has 0 aromatic rings. The van der Waals surface area contributed by atoms with Crippen LogP contribution >= 0.6 is 0 Å². The number of likely N-dealkylation sites (N-methyl/N-ethyl adjacent to an activating group) is 1. The van der Waals surface area contributed by atoms with E-state index in [-0.39, 0.29) is 0 Å². The van der Waals surface area contributed by atoms with Gasteiger partial charge in [-0.3, -0.25) is 4.84 Å². The van der Waals surface area contributed by atoms with Crippen molar-refractivity contribution in [3.05, 3.63) is 0 Å². The number of aliphatic hydroxyl groups is 4. The summed E-state index contributed by atoms with van der Waals surface area (Å²) in [5, 5.41) is 38.6. The Morgan fingerprint density at radius 1 is 1.20 bits per heavy atom. The van der Waals surface area contributed by atoms with Crippen LogP contribution in [0.4, 0.5) is 0 Å².